The third-order valence-corrected chi connectivity index (χ3v) is 15.0. The summed E-state index contributed by atoms with van der Waals surface area (Å²) >= 11 is 0. The highest BCUT2D eigenvalue weighted by Crippen LogP contribution is 3.02. The average Bonchev–Trinajstić information content (AvgIpc) is 3.74. The maximum Gasteiger partial charge on any atom is 0.251 e. The second-order valence-electron chi connectivity index (χ2n) is 16.4. The van der Waals surface area contributed by atoms with Crippen LogP contribution in [0.4, 0.5) is 0 Å². The number of nitrogens with one attached hydrogen (secondary N) is 2. The third kappa shape index (κ3) is 3.66. The molecule has 3 spiro atoms. The predicted molar refractivity (Wildman–Crippen MR) is 170 cm³/mol. The molecule has 10 atom stereocenters. The van der Waals surface area contributed by atoms with Gasteiger partial charge in [0.1, 0.15) is 0 Å². The Kier molecular flexibility index (Phi) is 6.65. The number of hydrogen-bond acceptors (Lipinski definition) is 3. The monoisotopic (exact) mass is 586 g/mol. The van der Waals surface area contributed by atoms with Gasteiger partial charge in [0.05, 0.1) is 11.5 Å². The molecular formula is C38H54N2O3. The summed E-state index contributed by atoms with van der Waals surface area (Å²) in [5.74, 6) is 3.66. The van der Waals surface area contributed by atoms with Crippen LogP contribution < -0.4 is 10.6 Å². The van der Waals surface area contributed by atoms with Crippen LogP contribution >= 0.6 is 0 Å². The number of benzene rings is 1. The molecule has 234 valence electrons. The van der Waals surface area contributed by atoms with Gasteiger partial charge in [0.25, 0.3) is 5.91 Å². The Morgan fingerprint density at radius 2 is 1.81 bits per heavy atom. The van der Waals surface area contributed by atoms with E-state index in [0.717, 1.165) is 55.4 Å². The largest absolute Gasteiger partial charge is 0.393 e. The molecule has 6 fully saturated rings. The molecule has 7 rings (SSSR count). The molecule has 0 heterocycles. The molecule has 0 bridgehead atoms. The highest BCUT2D eigenvalue weighted by molar-refractivity contribution is 5.94. The van der Waals surface area contributed by atoms with Crippen LogP contribution in [0.25, 0.3) is 0 Å². The normalized spacial score (nSPS) is 44.2. The quantitative estimate of drug-likeness (QED) is 0.282. The molecule has 1 aromatic rings. The van der Waals surface area contributed by atoms with Gasteiger partial charge < -0.3 is 15.7 Å². The van der Waals surface area contributed by atoms with Gasteiger partial charge in [-0.15, -0.1) is 6.58 Å². The molecule has 2 amide bonds. The van der Waals surface area contributed by atoms with Crippen molar-refractivity contribution in [3.63, 3.8) is 0 Å². The van der Waals surface area contributed by atoms with Crippen LogP contribution in [-0.4, -0.2) is 36.1 Å². The van der Waals surface area contributed by atoms with E-state index < -0.39 is 0 Å². The SMILES string of the molecule is C=C(C)CCC1(C(=O)NCCc2cccc(C(=O)NCC)c2)CCC2C3(CC4C5C46CCC(O)C(C)(C)C6CCC523)C1C. The van der Waals surface area contributed by atoms with Crippen LogP contribution in [0.2, 0.25) is 0 Å². The van der Waals surface area contributed by atoms with Crippen molar-refractivity contribution in [1.82, 2.24) is 10.6 Å². The van der Waals surface area contributed by atoms with E-state index in [9.17, 15) is 14.7 Å². The Balaban J connectivity index is 1.10. The average molecular weight is 587 g/mol. The van der Waals surface area contributed by atoms with Crippen LogP contribution in [0.15, 0.2) is 36.4 Å². The molecule has 6 aliphatic carbocycles. The number of carbonyl (C=O) groups is 2. The van der Waals surface area contributed by atoms with Crippen molar-refractivity contribution in [3.8, 4) is 0 Å². The van der Waals surface area contributed by atoms with Gasteiger partial charge in [0.2, 0.25) is 5.91 Å². The summed E-state index contributed by atoms with van der Waals surface area (Å²) in [6, 6.07) is 7.79. The van der Waals surface area contributed by atoms with Gasteiger partial charge >= 0.3 is 0 Å². The fraction of sp³-hybridized carbons (Fsp3) is 0.737. The van der Waals surface area contributed by atoms with Gasteiger partial charge in [0, 0.05) is 18.7 Å². The first kappa shape index (κ1) is 29.6. The summed E-state index contributed by atoms with van der Waals surface area (Å²) in [5, 5.41) is 17.3. The zero-order valence-corrected chi connectivity index (χ0v) is 27.2. The molecule has 0 radical (unpaired) electrons. The fourth-order valence-corrected chi connectivity index (χ4v) is 13.2. The van der Waals surface area contributed by atoms with E-state index in [0.29, 0.717) is 46.7 Å². The zero-order valence-electron chi connectivity index (χ0n) is 27.2. The van der Waals surface area contributed by atoms with Crippen molar-refractivity contribution >= 4 is 11.8 Å². The molecular weight excluding hydrogens is 532 g/mol. The van der Waals surface area contributed by atoms with Gasteiger partial charge in [-0.05, 0) is 147 Å². The van der Waals surface area contributed by atoms with E-state index in [4.69, 9.17) is 0 Å². The topological polar surface area (TPSA) is 78.4 Å². The number of amides is 2. The maximum absolute atomic E-state index is 14.4. The van der Waals surface area contributed by atoms with Gasteiger partial charge in [0.15, 0.2) is 0 Å². The van der Waals surface area contributed by atoms with E-state index >= 15 is 0 Å². The van der Waals surface area contributed by atoms with Crippen molar-refractivity contribution in [2.24, 2.45) is 56.7 Å². The second-order valence-corrected chi connectivity index (χ2v) is 16.4. The van der Waals surface area contributed by atoms with Crippen LogP contribution in [0, 0.1) is 56.7 Å². The van der Waals surface area contributed by atoms with Crippen LogP contribution in [0.5, 0.6) is 0 Å². The lowest BCUT2D eigenvalue weighted by Gasteiger charge is -2.54. The Hall–Kier alpha value is -2.14. The first-order chi connectivity index (χ1) is 20.4. The Morgan fingerprint density at radius 3 is 2.56 bits per heavy atom. The summed E-state index contributed by atoms with van der Waals surface area (Å²) in [6.45, 7) is 16.6. The molecule has 6 saturated carbocycles. The minimum atomic E-state index is -0.343. The minimum Gasteiger partial charge on any atom is -0.393 e. The van der Waals surface area contributed by atoms with Crippen molar-refractivity contribution in [2.45, 2.75) is 105 Å². The second kappa shape index (κ2) is 9.68. The molecule has 0 aromatic heterocycles. The molecule has 10 unspecified atom stereocenters. The van der Waals surface area contributed by atoms with Crippen LogP contribution in [0.1, 0.15) is 108 Å². The number of aliphatic hydroxyl groups excluding tert-OH is 1. The summed E-state index contributed by atoms with van der Waals surface area (Å²) in [6.07, 6.45) is 10.6. The van der Waals surface area contributed by atoms with Gasteiger partial charge in [-0.3, -0.25) is 9.59 Å². The molecule has 3 N–H and O–H groups in total. The van der Waals surface area contributed by atoms with Crippen molar-refractivity contribution < 1.29 is 14.7 Å². The lowest BCUT2D eigenvalue weighted by molar-refractivity contribution is -0.141. The zero-order chi connectivity index (χ0) is 30.6. The highest BCUT2D eigenvalue weighted by Gasteiger charge is 2.97. The van der Waals surface area contributed by atoms with Crippen molar-refractivity contribution in [3.05, 3.63) is 47.5 Å². The first-order valence-electron chi connectivity index (χ1n) is 17.4. The Bertz CT molecular complexity index is 1350. The van der Waals surface area contributed by atoms with E-state index in [1.165, 1.54) is 37.7 Å². The van der Waals surface area contributed by atoms with Gasteiger partial charge in [-0.2, -0.15) is 0 Å². The summed E-state index contributed by atoms with van der Waals surface area (Å²) in [7, 11) is 0. The molecule has 0 aliphatic heterocycles. The Labute approximate surface area is 259 Å². The lowest BCUT2D eigenvalue weighted by Crippen LogP contribution is -2.53. The number of hydrogen-bond donors (Lipinski definition) is 3. The summed E-state index contributed by atoms with van der Waals surface area (Å²) < 4.78 is 0. The Morgan fingerprint density at radius 1 is 1.05 bits per heavy atom. The molecule has 43 heavy (non-hydrogen) atoms. The molecule has 5 nitrogen and oxygen atoms in total. The number of rotatable bonds is 9. The summed E-state index contributed by atoms with van der Waals surface area (Å²) in [4.78, 5) is 26.8. The van der Waals surface area contributed by atoms with Gasteiger partial charge in [-0.1, -0.05) is 38.5 Å². The number of allylic oxidation sites excluding steroid dienone is 1. The first-order valence-corrected chi connectivity index (χ1v) is 17.4. The van der Waals surface area contributed by atoms with E-state index in [1.54, 1.807) is 0 Å². The van der Waals surface area contributed by atoms with Crippen molar-refractivity contribution in [1.29, 1.82) is 0 Å². The minimum absolute atomic E-state index is 0.0213. The van der Waals surface area contributed by atoms with E-state index in [2.05, 4.69) is 51.0 Å². The molecule has 1 aromatic carbocycles. The molecule has 6 aliphatic rings. The third-order valence-electron chi connectivity index (χ3n) is 15.0. The standard InChI is InChI=1S/C38H54N2O3/c1-7-39-32(42)26-10-8-9-25(21-26)15-20-40-33(43)35(16-11-23(2)3)17-12-29-37-19-13-28-34(5,6)30(41)14-18-36(28)27(31(36)37)22-38(29,37)24(35)4/h8-10,21,24,27-31,41H,2,7,11-20,22H2,1,3-6H3,(H,39,42)(H,40,43). The maximum atomic E-state index is 14.4. The summed E-state index contributed by atoms with van der Waals surface area (Å²) in [5.41, 5.74) is 3.84. The number of aliphatic hydroxyl groups is 1. The van der Waals surface area contributed by atoms with Crippen molar-refractivity contribution in [2.75, 3.05) is 13.1 Å². The van der Waals surface area contributed by atoms with E-state index in [-0.39, 0.29) is 28.7 Å². The highest BCUT2D eigenvalue weighted by atomic mass is 16.3. The van der Waals surface area contributed by atoms with Crippen LogP contribution in [0.3, 0.4) is 0 Å². The fourth-order valence-electron chi connectivity index (χ4n) is 13.2. The smallest absolute Gasteiger partial charge is 0.251 e. The van der Waals surface area contributed by atoms with E-state index in [1.807, 2.05) is 25.1 Å². The van der Waals surface area contributed by atoms with Gasteiger partial charge in [-0.25, -0.2) is 0 Å². The molecule has 5 heteroatoms. The lowest BCUT2D eigenvalue weighted by atomic mass is 9.51. The predicted octanol–water partition coefficient (Wildman–Crippen LogP) is 6.70. The number of carbonyl (C=O) groups excluding carboxylic acids is 2. The molecule has 0 saturated heterocycles. The van der Waals surface area contributed by atoms with Crippen LogP contribution in [-0.2, 0) is 11.2 Å².